The maximum Gasteiger partial charge on any atom is 0.233 e. The monoisotopic (exact) mass is 223 g/mol. The maximum absolute atomic E-state index is 5.00. The van der Waals surface area contributed by atoms with E-state index < -0.39 is 0 Å². The van der Waals surface area contributed by atoms with Gasteiger partial charge in [0.15, 0.2) is 0 Å². The molecular formula is C12H21N3O. The van der Waals surface area contributed by atoms with Crippen molar-refractivity contribution >= 4 is 0 Å². The Kier molecular flexibility index (Phi) is 5.19. The Morgan fingerprint density at radius 2 is 2.06 bits per heavy atom. The van der Waals surface area contributed by atoms with Gasteiger partial charge in [-0.3, -0.25) is 0 Å². The minimum Gasteiger partial charge on any atom is -0.480 e. The molecule has 0 spiro atoms. The Labute approximate surface area is 97.4 Å². The van der Waals surface area contributed by atoms with Gasteiger partial charge in [-0.1, -0.05) is 20.8 Å². The quantitative estimate of drug-likeness (QED) is 0.803. The Balaban J connectivity index is 2.75. The van der Waals surface area contributed by atoms with Gasteiger partial charge in [0.1, 0.15) is 0 Å². The molecule has 1 atom stereocenters. The minimum absolute atomic E-state index is 0.262. The largest absolute Gasteiger partial charge is 0.480 e. The van der Waals surface area contributed by atoms with Crippen LogP contribution in [0, 0.1) is 5.92 Å². The van der Waals surface area contributed by atoms with E-state index >= 15 is 0 Å². The van der Waals surface area contributed by atoms with Gasteiger partial charge in [-0.25, -0.2) is 0 Å². The third-order valence-electron chi connectivity index (χ3n) is 2.47. The Bertz CT molecular complexity index is 298. The molecule has 0 aliphatic heterocycles. The van der Waals surface area contributed by atoms with Gasteiger partial charge in [0.05, 0.1) is 18.8 Å². The highest BCUT2D eigenvalue weighted by atomic mass is 16.5. The Morgan fingerprint density at radius 1 is 1.31 bits per heavy atom. The number of rotatable bonds is 6. The second-order valence-corrected chi connectivity index (χ2v) is 4.18. The molecule has 0 aliphatic rings. The number of hydrogen-bond donors (Lipinski definition) is 1. The van der Waals surface area contributed by atoms with E-state index in [1.54, 1.807) is 7.11 Å². The topological polar surface area (TPSA) is 47.0 Å². The first-order valence-corrected chi connectivity index (χ1v) is 5.80. The van der Waals surface area contributed by atoms with Crippen LogP contribution in [0.1, 0.15) is 38.9 Å². The normalized spacial score (nSPS) is 12.8. The van der Waals surface area contributed by atoms with Crippen LogP contribution in [0.3, 0.4) is 0 Å². The zero-order valence-corrected chi connectivity index (χ0v) is 10.5. The molecule has 1 rings (SSSR count). The van der Waals surface area contributed by atoms with Crippen molar-refractivity contribution in [1.29, 1.82) is 0 Å². The van der Waals surface area contributed by atoms with E-state index in [1.807, 2.05) is 12.1 Å². The fourth-order valence-corrected chi connectivity index (χ4v) is 1.59. The molecule has 1 aromatic rings. The van der Waals surface area contributed by atoms with Crippen molar-refractivity contribution < 1.29 is 4.74 Å². The van der Waals surface area contributed by atoms with Crippen LogP contribution in [0.2, 0.25) is 0 Å². The van der Waals surface area contributed by atoms with Gasteiger partial charge in [-0.15, -0.1) is 5.10 Å². The van der Waals surface area contributed by atoms with Gasteiger partial charge in [0, 0.05) is 6.07 Å². The molecule has 4 nitrogen and oxygen atoms in total. The van der Waals surface area contributed by atoms with Gasteiger partial charge in [-0.2, -0.15) is 5.10 Å². The second kappa shape index (κ2) is 6.43. The number of aromatic nitrogens is 2. The molecule has 0 amide bonds. The molecule has 1 unspecified atom stereocenters. The number of hydrogen-bond acceptors (Lipinski definition) is 4. The first-order chi connectivity index (χ1) is 7.69. The Hall–Kier alpha value is -1.16. The van der Waals surface area contributed by atoms with Crippen LogP contribution >= 0.6 is 0 Å². The lowest BCUT2D eigenvalue weighted by atomic mass is 10.0. The van der Waals surface area contributed by atoms with Crippen molar-refractivity contribution in [3.05, 3.63) is 17.8 Å². The first-order valence-electron chi connectivity index (χ1n) is 5.80. The van der Waals surface area contributed by atoms with E-state index in [2.05, 4.69) is 36.3 Å². The summed E-state index contributed by atoms with van der Waals surface area (Å²) in [5.41, 5.74) is 0.976. The lowest BCUT2D eigenvalue weighted by Gasteiger charge is -2.21. The molecule has 0 radical (unpaired) electrons. The molecule has 0 fully saturated rings. The first kappa shape index (κ1) is 12.9. The smallest absolute Gasteiger partial charge is 0.233 e. The predicted octanol–water partition coefficient (Wildman–Crippen LogP) is 2.18. The summed E-state index contributed by atoms with van der Waals surface area (Å²) in [6, 6.07) is 4.09. The van der Waals surface area contributed by atoms with Crippen LogP contribution in [-0.4, -0.2) is 23.9 Å². The summed E-state index contributed by atoms with van der Waals surface area (Å²) in [5.74, 6) is 1.05. The van der Waals surface area contributed by atoms with Crippen LogP contribution in [0.4, 0.5) is 0 Å². The van der Waals surface area contributed by atoms with Gasteiger partial charge < -0.3 is 10.1 Å². The summed E-state index contributed by atoms with van der Waals surface area (Å²) in [6.45, 7) is 7.51. The molecular weight excluding hydrogens is 202 g/mol. The van der Waals surface area contributed by atoms with Gasteiger partial charge >= 0.3 is 0 Å². The number of methoxy groups -OCH3 is 1. The lowest BCUT2D eigenvalue weighted by molar-refractivity contribution is 0.378. The molecule has 90 valence electrons. The van der Waals surface area contributed by atoms with Gasteiger partial charge in [0.25, 0.3) is 0 Å². The average molecular weight is 223 g/mol. The van der Waals surface area contributed by atoms with E-state index in [0.29, 0.717) is 11.8 Å². The molecule has 0 bridgehead atoms. The zero-order valence-electron chi connectivity index (χ0n) is 10.5. The average Bonchev–Trinajstić information content (AvgIpc) is 2.30. The molecule has 0 saturated heterocycles. The number of nitrogens with one attached hydrogen (secondary N) is 1. The molecule has 4 heteroatoms. The molecule has 0 aliphatic carbocycles. The van der Waals surface area contributed by atoms with E-state index in [-0.39, 0.29) is 6.04 Å². The molecule has 1 aromatic heterocycles. The predicted molar refractivity (Wildman–Crippen MR) is 64.5 cm³/mol. The maximum atomic E-state index is 5.00. The molecule has 0 aromatic carbocycles. The summed E-state index contributed by atoms with van der Waals surface area (Å²) in [5, 5.41) is 11.7. The van der Waals surface area contributed by atoms with Gasteiger partial charge in [-0.05, 0) is 24.9 Å². The SMILES string of the molecule is CCCNC(c1ccc(OC)nn1)C(C)C. The van der Waals surface area contributed by atoms with Crippen molar-refractivity contribution in [2.45, 2.75) is 33.2 Å². The molecule has 1 heterocycles. The highest BCUT2D eigenvalue weighted by Gasteiger charge is 2.16. The molecule has 0 saturated carbocycles. The van der Waals surface area contributed by atoms with E-state index in [1.165, 1.54) is 0 Å². The highest BCUT2D eigenvalue weighted by molar-refractivity contribution is 5.14. The van der Waals surface area contributed by atoms with Crippen LogP contribution in [0.5, 0.6) is 5.88 Å². The highest BCUT2D eigenvalue weighted by Crippen LogP contribution is 2.20. The Morgan fingerprint density at radius 3 is 2.50 bits per heavy atom. The number of nitrogens with zero attached hydrogens (tertiary/aromatic N) is 2. The van der Waals surface area contributed by atoms with Crippen LogP contribution < -0.4 is 10.1 Å². The van der Waals surface area contributed by atoms with Gasteiger partial charge in [0.2, 0.25) is 5.88 Å². The summed E-state index contributed by atoms with van der Waals surface area (Å²) in [7, 11) is 1.60. The van der Waals surface area contributed by atoms with Crippen molar-refractivity contribution in [3.63, 3.8) is 0 Å². The third-order valence-corrected chi connectivity index (χ3v) is 2.47. The van der Waals surface area contributed by atoms with Crippen molar-refractivity contribution in [2.75, 3.05) is 13.7 Å². The fourth-order valence-electron chi connectivity index (χ4n) is 1.59. The number of ether oxygens (including phenoxy) is 1. The lowest BCUT2D eigenvalue weighted by Crippen LogP contribution is -2.27. The van der Waals surface area contributed by atoms with Crippen LogP contribution in [0.25, 0.3) is 0 Å². The minimum atomic E-state index is 0.262. The fraction of sp³-hybridized carbons (Fsp3) is 0.667. The van der Waals surface area contributed by atoms with E-state index in [9.17, 15) is 0 Å². The van der Waals surface area contributed by atoms with E-state index in [0.717, 1.165) is 18.7 Å². The van der Waals surface area contributed by atoms with Crippen LogP contribution in [0.15, 0.2) is 12.1 Å². The summed E-state index contributed by atoms with van der Waals surface area (Å²) < 4.78 is 5.00. The van der Waals surface area contributed by atoms with Crippen molar-refractivity contribution in [2.24, 2.45) is 5.92 Å². The molecule has 16 heavy (non-hydrogen) atoms. The zero-order chi connectivity index (χ0) is 12.0. The third kappa shape index (κ3) is 3.45. The summed E-state index contributed by atoms with van der Waals surface area (Å²) in [6.07, 6.45) is 1.12. The van der Waals surface area contributed by atoms with Crippen molar-refractivity contribution in [1.82, 2.24) is 15.5 Å². The second-order valence-electron chi connectivity index (χ2n) is 4.18. The van der Waals surface area contributed by atoms with E-state index in [4.69, 9.17) is 4.74 Å². The standard InChI is InChI=1S/C12H21N3O/c1-5-8-13-12(9(2)3)10-6-7-11(16-4)15-14-10/h6-7,9,12-13H,5,8H2,1-4H3. The summed E-state index contributed by atoms with van der Waals surface area (Å²) in [4.78, 5) is 0. The van der Waals surface area contributed by atoms with Crippen LogP contribution in [-0.2, 0) is 0 Å². The summed E-state index contributed by atoms with van der Waals surface area (Å²) >= 11 is 0. The molecule has 1 N–H and O–H groups in total. The van der Waals surface area contributed by atoms with Crippen molar-refractivity contribution in [3.8, 4) is 5.88 Å².